The number of rotatable bonds is 17. The van der Waals surface area contributed by atoms with Crippen LogP contribution in [0.15, 0.2) is 128 Å². The van der Waals surface area contributed by atoms with Gasteiger partial charge in [0.15, 0.2) is 5.78 Å². The van der Waals surface area contributed by atoms with Gasteiger partial charge in [-0.3, -0.25) is 9.59 Å². The maximum absolute atomic E-state index is 13.1. The molecule has 0 amide bonds. The summed E-state index contributed by atoms with van der Waals surface area (Å²) in [6, 6.07) is 34.1. The lowest BCUT2D eigenvalue weighted by atomic mass is 10.0. The van der Waals surface area contributed by atoms with Gasteiger partial charge >= 0.3 is 24.1 Å². The molecule has 10 nitrogen and oxygen atoms in total. The second-order valence-corrected chi connectivity index (χ2v) is 17.1. The number of ketones is 2. The number of nitrogens with zero attached hydrogens (tertiary/aromatic N) is 2. The number of fused-ring (bicyclic) bond motifs is 3. The number of anilines is 1. The highest BCUT2D eigenvalue weighted by molar-refractivity contribution is 6.23. The highest BCUT2D eigenvalue weighted by Gasteiger charge is 2.41. The van der Waals surface area contributed by atoms with E-state index in [9.17, 15) is 37.1 Å². The van der Waals surface area contributed by atoms with Crippen molar-refractivity contribution < 1.29 is 51.4 Å². The Labute approximate surface area is 407 Å². The minimum Gasteiger partial charge on any atom is -0.462 e. The fourth-order valence-electron chi connectivity index (χ4n) is 8.65. The zero-order chi connectivity index (χ0) is 48.9. The van der Waals surface area contributed by atoms with Crippen molar-refractivity contribution >= 4 is 46.3 Å². The predicted molar refractivity (Wildman–Crippen MR) is 264 cm³/mol. The Hall–Kier alpha value is -7.28. The monoisotopic (exact) mass is 956 g/mol. The first-order valence-corrected chi connectivity index (χ1v) is 23.3. The van der Waals surface area contributed by atoms with Crippen molar-refractivity contribution in [2.45, 2.75) is 78.8 Å². The van der Waals surface area contributed by atoms with E-state index in [2.05, 4.69) is 4.90 Å². The number of alkyl halides is 3. The van der Waals surface area contributed by atoms with Crippen LogP contribution < -0.4 is 4.90 Å². The van der Waals surface area contributed by atoms with Gasteiger partial charge in [0, 0.05) is 43.2 Å². The van der Waals surface area contributed by atoms with E-state index >= 15 is 0 Å². The Kier molecular flexibility index (Phi) is 18.1. The van der Waals surface area contributed by atoms with E-state index in [-0.39, 0.29) is 51.1 Å². The number of hydrogen-bond donors (Lipinski definition) is 0. The van der Waals surface area contributed by atoms with Crippen molar-refractivity contribution in [2.24, 2.45) is 0 Å². The number of hydrogen-bond acceptors (Lipinski definition) is 10. The number of likely N-dealkylation sites (N-methyl/N-ethyl adjacent to an activating group) is 1. The summed E-state index contributed by atoms with van der Waals surface area (Å²) < 4.78 is 55.4. The van der Waals surface area contributed by atoms with E-state index in [1.807, 2.05) is 79.0 Å². The first-order chi connectivity index (χ1) is 33.3. The number of allylic oxidation sites excluding steroid dienone is 2. The summed E-state index contributed by atoms with van der Waals surface area (Å²) in [6.45, 7) is 4.90. The number of carbonyl (C=O) groups excluding carboxylic acids is 5. The van der Waals surface area contributed by atoms with Gasteiger partial charge in [-0.2, -0.15) is 13.2 Å². The Balaban J connectivity index is 0.000000231. The molecule has 0 radical (unpaired) electrons. The van der Waals surface area contributed by atoms with Gasteiger partial charge in [-0.1, -0.05) is 80.2 Å². The third-order valence-corrected chi connectivity index (χ3v) is 12.3. The normalized spacial score (nSPS) is 13.7. The van der Waals surface area contributed by atoms with Crippen LogP contribution in [0.3, 0.4) is 0 Å². The molecule has 0 saturated carbocycles. The third kappa shape index (κ3) is 13.5. The first-order valence-electron chi connectivity index (χ1n) is 23.3. The molecule has 0 N–H and O–H groups in total. The van der Waals surface area contributed by atoms with Crippen molar-refractivity contribution in [3.05, 3.63) is 183 Å². The van der Waals surface area contributed by atoms with Gasteiger partial charge in [0.05, 0.1) is 42.0 Å². The number of ether oxygens (including phenoxy) is 3. The van der Waals surface area contributed by atoms with Crippen molar-refractivity contribution in [3.63, 3.8) is 0 Å². The van der Waals surface area contributed by atoms with Gasteiger partial charge in [-0.15, -0.1) is 0 Å². The quantitative estimate of drug-likeness (QED) is 0.0386. The predicted octanol–water partition coefficient (Wildman–Crippen LogP) is 11.0. The highest BCUT2D eigenvalue weighted by atomic mass is 19.4. The molecule has 70 heavy (non-hydrogen) atoms. The first kappa shape index (κ1) is 52.1. The molecule has 0 atom stereocenters. The second kappa shape index (κ2) is 24.3. The summed E-state index contributed by atoms with van der Waals surface area (Å²) in [7, 11) is 0. The largest absolute Gasteiger partial charge is 0.462 e. The zero-order valence-electron chi connectivity index (χ0n) is 38.8. The molecule has 0 spiro atoms. The standard InChI is InChI=1S/C32H31NO5.C24H24F3NO3.CH4/c1-22(34)29(24-7-3-2-4-8-24)21-33-16-15-26-20-28(13-14-30(26)33)32(36)38-18-6-17-37-31(35)27-12-11-23-9-5-10-25(23)19-27;1-2-28(16-21(22(29)24(25,26)27)18-7-4-3-5-8-18)13-14-31-23(30)20-12-11-17-9-6-10-19(17)15-20;/h2-4,7-8,11-14,19-21H,5-6,9-10,15-18H2,1H3;3-5,7-8,11-12,15-16H,2,6,9-10,13-14H2,1H3;1H4/b29-21+;21-16-;. The molecule has 8 rings (SSSR count). The topological polar surface area (TPSA) is 120 Å². The van der Waals surface area contributed by atoms with Crippen LogP contribution >= 0.6 is 0 Å². The Morgan fingerprint density at radius 1 is 0.586 bits per heavy atom. The Bertz CT molecular complexity index is 2730. The molecule has 2 aliphatic carbocycles. The maximum atomic E-state index is 13.1. The minimum atomic E-state index is -4.98. The number of esters is 3. The fraction of sp³-hybridized carbons (Fsp3) is 0.316. The van der Waals surface area contributed by atoms with Crippen molar-refractivity contribution in [3.8, 4) is 0 Å². The molecular weight excluding hydrogens is 898 g/mol. The Morgan fingerprint density at radius 2 is 1.06 bits per heavy atom. The number of Topliss-reactive ketones (excluding diaryl/α,β-unsaturated/α-hetero) is 2. The number of halogens is 3. The van der Waals surface area contributed by atoms with E-state index in [0.29, 0.717) is 35.2 Å². The van der Waals surface area contributed by atoms with Gasteiger partial charge in [-0.25, -0.2) is 14.4 Å². The molecule has 0 saturated heterocycles. The van der Waals surface area contributed by atoms with Crippen LogP contribution in [-0.4, -0.2) is 80.0 Å². The average Bonchev–Trinajstić information content (AvgIpc) is 4.14. The molecule has 1 heterocycles. The summed E-state index contributed by atoms with van der Waals surface area (Å²) in [5, 5.41) is 0. The van der Waals surface area contributed by atoms with Crippen LogP contribution in [0.25, 0.3) is 11.1 Å². The molecule has 3 aliphatic rings. The molecule has 0 fully saturated rings. The van der Waals surface area contributed by atoms with E-state index in [4.69, 9.17) is 14.2 Å². The SMILES string of the molecule is C.CC(=O)/C(=C\N1CCc2cc(C(=O)OCCCOC(=O)c3ccc4c(c3)CCC4)ccc21)c1ccccc1.CCN(/C=C(\C(=O)C(F)(F)F)c1ccccc1)CCOC(=O)c1ccc2c(c1)CCC2. The van der Waals surface area contributed by atoms with Gasteiger partial charge < -0.3 is 24.0 Å². The minimum absolute atomic E-state index is 0. The summed E-state index contributed by atoms with van der Waals surface area (Å²) >= 11 is 0. The second-order valence-electron chi connectivity index (χ2n) is 17.1. The van der Waals surface area contributed by atoms with Gasteiger partial charge in [0.1, 0.15) is 6.61 Å². The van der Waals surface area contributed by atoms with Crippen molar-refractivity contribution in [2.75, 3.05) is 44.4 Å². The molecule has 1 aliphatic heterocycles. The van der Waals surface area contributed by atoms with Crippen LogP contribution in [0.5, 0.6) is 0 Å². The zero-order valence-corrected chi connectivity index (χ0v) is 38.8. The van der Waals surface area contributed by atoms with Crippen molar-refractivity contribution in [1.29, 1.82) is 0 Å². The van der Waals surface area contributed by atoms with Crippen LogP contribution in [0.1, 0.15) is 111 Å². The van der Waals surface area contributed by atoms with Gasteiger partial charge in [0.2, 0.25) is 0 Å². The number of aryl methyl sites for hydroxylation is 4. The van der Waals surface area contributed by atoms with Gasteiger partial charge in [-0.05, 0) is 140 Å². The molecule has 0 unspecified atom stereocenters. The third-order valence-electron chi connectivity index (χ3n) is 12.3. The van der Waals surface area contributed by atoms with Crippen molar-refractivity contribution in [1.82, 2.24) is 4.90 Å². The summed E-state index contributed by atoms with van der Waals surface area (Å²) in [5.41, 5.74) is 9.77. The molecule has 5 aromatic rings. The smallest absolute Gasteiger partial charge is 0.454 e. The van der Waals surface area contributed by atoms with Crippen LogP contribution in [-0.2, 0) is 55.9 Å². The lowest BCUT2D eigenvalue weighted by Gasteiger charge is -2.21. The molecule has 13 heteroatoms. The molecule has 0 bridgehead atoms. The summed E-state index contributed by atoms with van der Waals surface area (Å²) in [5.74, 6) is -3.12. The number of benzene rings is 5. The lowest BCUT2D eigenvalue weighted by Crippen LogP contribution is -2.28. The fourth-order valence-corrected chi connectivity index (χ4v) is 8.65. The average molecular weight is 957 g/mol. The molecule has 366 valence electrons. The Morgan fingerprint density at radius 3 is 1.56 bits per heavy atom. The number of carbonyl (C=O) groups is 5. The van der Waals surface area contributed by atoms with Crippen LogP contribution in [0.4, 0.5) is 18.9 Å². The maximum Gasteiger partial charge on any atom is 0.454 e. The van der Waals surface area contributed by atoms with Crippen LogP contribution in [0, 0.1) is 0 Å². The summed E-state index contributed by atoms with van der Waals surface area (Å²) in [4.78, 5) is 65.1. The molecule has 0 aromatic heterocycles. The summed E-state index contributed by atoms with van der Waals surface area (Å²) in [6.07, 6.45) is 5.55. The lowest BCUT2D eigenvalue weighted by molar-refractivity contribution is -0.164. The van der Waals surface area contributed by atoms with Gasteiger partial charge in [0.25, 0.3) is 5.78 Å². The highest BCUT2D eigenvalue weighted by Crippen LogP contribution is 2.32. The van der Waals surface area contributed by atoms with E-state index in [0.717, 1.165) is 73.9 Å². The van der Waals surface area contributed by atoms with E-state index in [1.165, 1.54) is 39.9 Å². The van der Waals surface area contributed by atoms with E-state index < -0.39 is 29.5 Å². The van der Waals surface area contributed by atoms with E-state index in [1.54, 1.807) is 44.2 Å². The molecule has 5 aromatic carbocycles. The van der Waals surface area contributed by atoms with Crippen LogP contribution in [0.2, 0.25) is 0 Å². The molecular formula is C57H59F3N2O8.